The van der Waals surface area contributed by atoms with Gasteiger partial charge in [0.1, 0.15) is 0 Å². The molecule has 2 aliphatic heterocycles. The van der Waals surface area contributed by atoms with E-state index in [4.69, 9.17) is 0 Å². The van der Waals surface area contributed by atoms with Crippen molar-refractivity contribution >= 4 is 15.9 Å². The van der Waals surface area contributed by atoms with Gasteiger partial charge < -0.3 is 10.2 Å². The predicted octanol–water partition coefficient (Wildman–Crippen LogP) is -0.130. The topological polar surface area (TPSA) is 69.7 Å². The van der Waals surface area contributed by atoms with Crippen LogP contribution in [0.15, 0.2) is 0 Å². The number of amides is 1. The molecule has 2 rings (SSSR count). The Labute approximate surface area is 121 Å². The fraction of sp³-hybridized carbons (Fsp3) is 0.923. The first-order valence-electron chi connectivity index (χ1n) is 7.52. The van der Waals surface area contributed by atoms with Gasteiger partial charge in [-0.05, 0) is 25.8 Å². The highest BCUT2D eigenvalue weighted by molar-refractivity contribution is 7.89. The van der Waals surface area contributed by atoms with Crippen molar-refractivity contribution in [3.05, 3.63) is 0 Å². The zero-order valence-electron chi connectivity index (χ0n) is 12.2. The lowest BCUT2D eigenvalue weighted by Crippen LogP contribution is -2.53. The minimum absolute atomic E-state index is 0.0718. The SMILES string of the molecule is CCCS(=O)(=O)N1CCN(C(=O)[C@H]2CCCNC2)CC1. The molecule has 20 heavy (non-hydrogen) atoms. The monoisotopic (exact) mass is 303 g/mol. The molecule has 0 aromatic rings. The molecule has 116 valence electrons. The molecule has 2 saturated heterocycles. The predicted molar refractivity (Wildman–Crippen MR) is 77.8 cm³/mol. The van der Waals surface area contributed by atoms with Gasteiger partial charge in [0.05, 0.1) is 11.7 Å². The number of nitrogens with one attached hydrogen (secondary N) is 1. The van der Waals surface area contributed by atoms with Crippen molar-refractivity contribution in [2.45, 2.75) is 26.2 Å². The summed E-state index contributed by atoms with van der Waals surface area (Å²) >= 11 is 0. The molecule has 6 nitrogen and oxygen atoms in total. The summed E-state index contributed by atoms with van der Waals surface area (Å²) in [5, 5.41) is 3.25. The summed E-state index contributed by atoms with van der Waals surface area (Å²) in [7, 11) is -3.12. The fourth-order valence-corrected chi connectivity index (χ4v) is 4.39. The number of sulfonamides is 1. The molecular weight excluding hydrogens is 278 g/mol. The number of piperazine rings is 1. The third-order valence-electron chi connectivity index (χ3n) is 4.05. The molecule has 2 heterocycles. The highest BCUT2D eigenvalue weighted by Gasteiger charge is 2.31. The van der Waals surface area contributed by atoms with E-state index in [9.17, 15) is 13.2 Å². The van der Waals surface area contributed by atoms with Gasteiger partial charge in [0.25, 0.3) is 0 Å². The Morgan fingerprint density at radius 3 is 2.50 bits per heavy atom. The molecule has 0 spiro atoms. The number of carbonyl (C=O) groups is 1. The van der Waals surface area contributed by atoms with Crippen LogP contribution in [-0.4, -0.2) is 68.6 Å². The van der Waals surface area contributed by atoms with Gasteiger partial charge in [0.2, 0.25) is 15.9 Å². The number of rotatable bonds is 4. The standard InChI is InChI=1S/C13H25N3O3S/c1-2-10-20(18,19)16-8-6-15(7-9-16)13(17)12-4-3-5-14-11-12/h12,14H,2-11H2,1H3/t12-/m0/s1. The van der Waals surface area contributed by atoms with Crippen LogP contribution < -0.4 is 5.32 Å². The molecule has 0 radical (unpaired) electrons. The third kappa shape index (κ3) is 3.71. The Balaban J connectivity index is 1.86. The lowest BCUT2D eigenvalue weighted by atomic mass is 9.98. The highest BCUT2D eigenvalue weighted by Crippen LogP contribution is 2.16. The van der Waals surface area contributed by atoms with Gasteiger partial charge in [-0.2, -0.15) is 4.31 Å². The highest BCUT2D eigenvalue weighted by atomic mass is 32.2. The molecule has 2 fully saturated rings. The van der Waals surface area contributed by atoms with Gasteiger partial charge in [0.15, 0.2) is 0 Å². The molecule has 0 aromatic heterocycles. The summed E-state index contributed by atoms with van der Waals surface area (Å²) in [6.07, 6.45) is 2.62. The van der Waals surface area contributed by atoms with Gasteiger partial charge in [-0.15, -0.1) is 0 Å². The van der Waals surface area contributed by atoms with E-state index in [-0.39, 0.29) is 17.6 Å². The molecule has 0 bridgehead atoms. The van der Waals surface area contributed by atoms with E-state index in [1.165, 1.54) is 4.31 Å². The van der Waals surface area contributed by atoms with Crippen molar-refractivity contribution in [1.82, 2.24) is 14.5 Å². The van der Waals surface area contributed by atoms with E-state index in [0.717, 1.165) is 25.9 Å². The van der Waals surface area contributed by atoms with Gasteiger partial charge in [-0.25, -0.2) is 8.42 Å². The van der Waals surface area contributed by atoms with Crippen LogP contribution in [0.3, 0.4) is 0 Å². The Morgan fingerprint density at radius 2 is 1.95 bits per heavy atom. The van der Waals surface area contributed by atoms with Crippen molar-refractivity contribution < 1.29 is 13.2 Å². The first-order valence-corrected chi connectivity index (χ1v) is 9.13. The minimum Gasteiger partial charge on any atom is -0.340 e. The fourth-order valence-electron chi connectivity index (χ4n) is 2.89. The summed E-state index contributed by atoms with van der Waals surface area (Å²) in [4.78, 5) is 14.2. The first-order chi connectivity index (χ1) is 9.54. The average Bonchev–Trinajstić information content (AvgIpc) is 2.47. The summed E-state index contributed by atoms with van der Waals surface area (Å²) < 4.78 is 25.5. The van der Waals surface area contributed by atoms with E-state index < -0.39 is 10.0 Å². The summed E-state index contributed by atoms with van der Waals surface area (Å²) in [6, 6.07) is 0. The maximum absolute atomic E-state index is 12.4. The second-order valence-corrected chi connectivity index (χ2v) is 7.67. The van der Waals surface area contributed by atoms with Crippen LogP contribution in [0.2, 0.25) is 0 Å². The van der Waals surface area contributed by atoms with Crippen LogP contribution >= 0.6 is 0 Å². The Morgan fingerprint density at radius 1 is 1.25 bits per heavy atom. The van der Waals surface area contributed by atoms with Gasteiger partial charge in [-0.1, -0.05) is 6.92 Å². The molecule has 0 aliphatic carbocycles. The second kappa shape index (κ2) is 6.87. The first kappa shape index (κ1) is 15.7. The Bertz CT molecular complexity index is 424. The molecule has 1 N–H and O–H groups in total. The number of nitrogens with zero attached hydrogens (tertiary/aromatic N) is 2. The molecule has 2 aliphatic rings. The van der Waals surface area contributed by atoms with Crippen molar-refractivity contribution in [3.8, 4) is 0 Å². The summed E-state index contributed by atoms with van der Waals surface area (Å²) in [6.45, 7) is 5.55. The maximum atomic E-state index is 12.4. The van der Waals surface area contributed by atoms with Crippen molar-refractivity contribution in [3.63, 3.8) is 0 Å². The second-order valence-electron chi connectivity index (χ2n) is 5.58. The van der Waals surface area contributed by atoms with E-state index in [1.807, 2.05) is 11.8 Å². The summed E-state index contributed by atoms with van der Waals surface area (Å²) in [5.74, 6) is 0.459. The van der Waals surface area contributed by atoms with Crippen molar-refractivity contribution in [2.75, 3.05) is 45.0 Å². The van der Waals surface area contributed by atoms with Crippen molar-refractivity contribution in [2.24, 2.45) is 5.92 Å². The van der Waals surface area contributed by atoms with E-state index in [2.05, 4.69) is 5.32 Å². The van der Waals surface area contributed by atoms with E-state index >= 15 is 0 Å². The number of carbonyl (C=O) groups excluding carboxylic acids is 1. The third-order valence-corrected chi connectivity index (χ3v) is 6.13. The van der Waals surface area contributed by atoms with Crippen LogP contribution in [-0.2, 0) is 14.8 Å². The quantitative estimate of drug-likeness (QED) is 0.785. The smallest absolute Gasteiger partial charge is 0.227 e. The molecule has 0 saturated carbocycles. The molecule has 7 heteroatoms. The normalized spacial score (nSPS) is 25.6. The number of piperidine rings is 1. The van der Waals surface area contributed by atoms with Crippen molar-refractivity contribution in [1.29, 1.82) is 0 Å². The van der Waals surface area contributed by atoms with Crippen LogP contribution in [0.25, 0.3) is 0 Å². The largest absolute Gasteiger partial charge is 0.340 e. The average molecular weight is 303 g/mol. The molecule has 1 atom stereocenters. The molecule has 1 amide bonds. The molecule has 0 unspecified atom stereocenters. The van der Waals surface area contributed by atoms with Crippen LogP contribution in [0.5, 0.6) is 0 Å². The maximum Gasteiger partial charge on any atom is 0.227 e. The molecular formula is C13H25N3O3S. The summed E-state index contributed by atoms with van der Waals surface area (Å²) in [5.41, 5.74) is 0. The Kier molecular flexibility index (Phi) is 5.40. The molecule has 0 aromatic carbocycles. The van der Waals surface area contributed by atoms with Crippen LogP contribution in [0.4, 0.5) is 0 Å². The zero-order valence-corrected chi connectivity index (χ0v) is 13.0. The van der Waals surface area contributed by atoms with Crippen LogP contribution in [0, 0.1) is 5.92 Å². The number of hydrogen-bond donors (Lipinski definition) is 1. The van der Waals surface area contributed by atoms with Gasteiger partial charge in [0, 0.05) is 32.7 Å². The van der Waals surface area contributed by atoms with E-state index in [1.54, 1.807) is 0 Å². The van der Waals surface area contributed by atoms with E-state index in [0.29, 0.717) is 32.6 Å². The zero-order chi connectivity index (χ0) is 14.6. The lowest BCUT2D eigenvalue weighted by molar-refractivity contribution is -0.137. The number of hydrogen-bond acceptors (Lipinski definition) is 4. The van der Waals surface area contributed by atoms with Crippen LogP contribution in [0.1, 0.15) is 26.2 Å². The minimum atomic E-state index is -3.12. The Hall–Kier alpha value is -0.660. The van der Waals surface area contributed by atoms with Gasteiger partial charge in [-0.3, -0.25) is 4.79 Å². The van der Waals surface area contributed by atoms with Gasteiger partial charge >= 0.3 is 0 Å². The lowest BCUT2D eigenvalue weighted by Gasteiger charge is -2.36.